The van der Waals surface area contributed by atoms with Crippen LogP contribution in [0.2, 0.25) is 0 Å². The quantitative estimate of drug-likeness (QED) is 0.530. The highest BCUT2D eigenvalue weighted by Gasteiger charge is 2.33. The van der Waals surface area contributed by atoms with Crippen LogP contribution < -0.4 is 16.1 Å². The molecule has 35 heavy (non-hydrogen) atoms. The molecule has 2 amide bonds. The van der Waals surface area contributed by atoms with Crippen molar-refractivity contribution < 1.29 is 23.5 Å². The molecule has 0 saturated carbocycles. The maximum atomic E-state index is 13.9. The fourth-order valence-corrected chi connectivity index (χ4v) is 3.84. The number of aromatic nitrogens is 1. The van der Waals surface area contributed by atoms with Crippen molar-refractivity contribution in [3.63, 3.8) is 0 Å². The molecule has 10 heteroatoms. The third-order valence-corrected chi connectivity index (χ3v) is 5.75. The van der Waals surface area contributed by atoms with Gasteiger partial charge >= 0.3 is 0 Å². The molecule has 3 rings (SSSR count). The molecule has 8 nitrogen and oxygen atoms in total. The highest BCUT2D eigenvalue weighted by molar-refractivity contribution is 5.99. The molecule has 0 saturated heterocycles. The number of halogens is 2. The van der Waals surface area contributed by atoms with Crippen molar-refractivity contribution in [2.24, 2.45) is 5.92 Å². The Morgan fingerprint density at radius 2 is 1.94 bits per heavy atom. The molecule has 1 aliphatic heterocycles. The van der Waals surface area contributed by atoms with Gasteiger partial charge in [-0.15, -0.1) is 0 Å². The van der Waals surface area contributed by atoms with E-state index < -0.39 is 40.2 Å². The number of allylic oxidation sites excluding steroid dienone is 2. The number of pyridine rings is 1. The second-order valence-electron chi connectivity index (χ2n) is 9.01. The standard InChI is InChI=1S/C25H30F2N4O4/c1-5-18-12-30-13-19(24(34)29-10-16-6-7-17(26)8-20(16)27)22(32)23(33)21(30)25(35)31(18)11-15(4)28-9-14(2)3/h5-8,13-15,28,33H,9-12H2,1-4H3,(H,29,34)/b18-5+/t15-/m0/s1. The smallest absolute Gasteiger partial charge is 0.278 e. The van der Waals surface area contributed by atoms with Crippen molar-refractivity contribution in [1.82, 2.24) is 20.1 Å². The molecule has 2 heterocycles. The van der Waals surface area contributed by atoms with Gasteiger partial charge in [0.25, 0.3) is 11.8 Å². The van der Waals surface area contributed by atoms with Crippen molar-refractivity contribution in [2.75, 3.05) is 13.1 Å². The molecule has 1 atom stereocenters. The lowest BCUT2D eigenvalue weighted by molar-refractivity contribution is 0.0743. The number of amides is 2. The zero-order valence-corrected chi connectivity index (χ0v) is 20.2. The van der Waals surface area contributed by atoms with Gasteiger partial charge in [0, 0.05) is 42.7 Å². The van der Waals surface area contributed by atoms with Crippen LogP contribution in [0.15, 0.2) is 41.0 Å². The van der Waals surface area contributed by atoms with E-state index >= 15 is 0 Å². The Balaban J connectivity index is 1.85. The van der Waals surface area contributed by atoms with E-state index in [1.54, 1.807) is 13.0 Å². The molecule has 1 aromatic carbocycles. The summed E-state index contributed by atoms with van der Waals surface area (Å²) in [6.45, 7) is 8.86. The molecule has 1 aliphatic rings. The number of hydrogen-bond acceptors (Lipinski definition) is 5. The van der Waals surface area contributed by atoms with Crippen LogP contribution in [0.4, 0.5) is 8.78 Å². The van der Waals surface area contributed by atoms with E-state index in [0.29, 0.717) is 24.2 Å². The van der Waals surface area contributed by atoms with E-state index in [2.05, 4.69) is 24.5 Å². The van der Waals surface area contributed by atoms with Gasteiger partial charge in [0.2, 0.25) is 5.43 Å². The van der Waals surface area contributed by atoms with Crippen LogP contribution in [0.3, 0.4) is 0 Å². The number of carbonyl (C=O) groups excluding carboxylic acids is 2. The zero-order chi connectivity index (χ0) is 25.9. The minimum Gasteiger partial charge on any atom is -0.503 e. The summed E-state index contributed by atoms with van der Waals surface area (Å²) < 4.78 is 28.3. The SMILES string of the molecule is C/C=C1\Cn2cc(C(=O)NCc3ccc(F)cc3F)c(=O)c(O)c2C(=O)N1C[C@H](C)NCC(C)C. The molecule has 188 valence electrons. The second kappa shape index (κ2) is 10.8. The van der Waals surface area contributed by atoms with Gasteiger partial charge in [0.05, 0.1) is 6.54 Å². The fraction of sp³-hybridized carbons (Fsp3) is 0.400. The van der Waals surface area contributed by atoms with Crippen LogP contribution in [0.5, 0.6) is 5.75 Å². The van der Waals surface area contributed by atoms with Crippen molar-refractivity contribution in [2.45, 2.75) is 46.8 Å². The minimum absolute atomic E-state index is 0.0317. The Kier molecular flexibility index (Phi) is 8.06. The Hall–Kier alpha value is -3.53. The summed E-state index contributed by atoms with van der Waals surface area (Å²) in [5, 5.41) is 16.3. The number of nitrogens with zero attached hydrogens (tertiary/aromatic N) is 2. The molecule has 0 bridgehead atoms. The maximum Gasteiger partial charge on any atom is 0.278 e. The Morgan fingerprint density at radius 3 is 2.57 bits per heavy atom. The Bertz CT molecular complexity index is 1220. The van der Waals surface area contributed by atoms with E-state index in [0.717, 1.165) is 12.6 Å². The predicted octanol–water partition coefficient (Wildman–Crippen LogP) is 2.76. The second-order valence-corrected chi connectivity index (χ2v) is 9.01. The number of fused-ring (bicyclic) bond motifs is 1. The number of hydrogen-bond donors (Lipinski definition) is 3. The molecule has 3 N–H and O–H groups in total. The van der Waals surface area contributed by atoms with Gasteiger partial charge in [-0.2, -0.15) is 0 Å². The number of carbonyl (C=O) groups is 2. The highest BCUT2D eigenvalue weighted by atomic mass is 19.1. The number of nitrogens with one attached hydrogen (secondary N) is 2. The third kappa shape index (κ3) is 5.76. The van der Waals surface area contributed by atoms with E-state index in [-0.39, 0.29) is 30.4 Å². The minimum atomic E-state index is -1.00. The topological polar surface area (TPSA) is 104 Å². The maximum absolute atomic E-state index is 13.9. The van der Waals surface area contributed by atoms with Crippen molar-refractivity contribution in [3.05, 3.63) is 74.8 Å². The molecule has 0 radical (unpaired) electrons. The number of aromatic hydroxyl groups is 1. The van der Waals surface area contributed by atoms with Gasteiger partial charge in [-0.25, -0.2) is 8.78 Å². The first-order chi connectivity index (χ1) is 16.5. The molecular formula is C25H30F2N4O4. The van der Waals surface area contributed by atoms with Gasteiger partial charge in [-0.05, 0) is 32.4 Å². The Morgan fingerprint density at radius 1 is 1.23 bits per heavy atom. The summed E-state index contributed by atoms with van der Waals surface area (Å²) in [5.74, 6) is -3.37. The summed E-state index contributed by atoms with van der Waals surface area (Å²) in [6, 6.07) is 2.90. The van der Waals surface area contributed by atoms with Crippen molar-refractivity contribution in [3.8, 4) is 5.75 Å². The first kappa shape index (κ1) is 26.1. The van der Waals surface area contributed by atoms with Gasteiger partial charge in [0.15, 0.2) is 11.4 Å². The van der Waals surface area contributed by atoms with Crippen LogP contribution in [0.25, 0.3) is 0 Å². The van der Waals surface area contributed by atoms with E-state index in [1.165, 1.54) is 21.7 Å². The Labute approximate surface area is 202 Å². The first-order valence-electron chi connectivity index (χ1n) is 11.4. The highest BCUT2D eigenvalue weighted by Crippen LogP contribution is 2.26. The lowest BCUT2D eigenvalue weighted by Gasteiger charge is -2.34. The molecule has 0 spiro atoms. The first-order valence-corrected chi connectivity index (χ1v) is 11.4. The van der Waals surface area contributed by atoms with E-state index in [1.807, 2.05) is 6.92 Å². The lowest BCUT2D eigenvalue weighted by atomic mass is 10.1. The molecule has 0 fully saturated rings. The van der Waals surface area contributed by atoms with Crippen LogP contribution in [0.1, 0.15) is 54.1 Å². The van der Waals surface area contributed by atoms with Crippen LogP contribution in [0, 0.1) is 17.6 Å². The number of benzene rings is 1. The average Bonchev–Trinajstić information content (AvgIpc) is 2.80. The number of rotatable bonds is 8. The average molecular weight is 489 g/mol. The van der Waals surface area contributed by atoms with Crippen LogP contribution in [-0.2, 0) is 13.1 Å². The van der Waals surface area contributed by atoms with E-state index in [4.69, 9.17) is 0 Å². The fourth-order valence-electron chi connectivity index (χ4n) is 3.84. The van der Waals surface area contributed by atoms with Crippen molar-refractivity contribution in [1.29, 1.82) is 0 Å². The molecular weight excluding hydrogens is 458 g/mol. The van der Waals surface area contributed by atoms with E-state index in [9.17, 15) is 28.3 Å². The van der Waals surface area contributed by atoms with Crippen LogP contribution >= 0.6 is 0 Å². The summed E-state index contributed by atoms with van der Waals surface area (Å²) in [5.41, 5.74) is -0.903. The molecule has 2 aromatic rings. The normalized spacial score (nSPS) is 15.5. The molecule has 0 unspecified atom stereocenters. The summed E-state index contributed by atoms with van der Waals surface area (Å²) in [6.07, 6.45) is 2.98. The van der Waals surface area contributed by atoms with Crippen molar-refractivity contribution >= 4 is 11.8 Å². The van der Waals surface area contributed by atoms with Gasteiger partial charge in [0.1, 0.15) is 17.2 Å². The zero-order valence-electron chi connectivity index (χ0n) is 20.2. The third-order valence-electron chi connectivity index (χ3n) is 5.75. The molecule has 0 aliphatic carbocycles. The largest absolute Gasteiger partial charge is 0.503 e. The van der Waals surface area contributed by atoms with Gasteiger partial charge < -0.3 is 25.2 Å². The lowest BCUT2D eigenvalue weighted by Crippen LogP contribution is -2.47. The van der Waals surface area contributed by atoms with Gasteiger partial charge in [-0.3, -0.25) is 14.4 Å². The van der Waals surface area contributed by atoms with Crippen LogP contribution in [-0.4, -0.2) is 45.5 Å². The summed E-state index contributed by atoms with van der Waals surface area (Å²) in [7, 11) is 0. The van der Waals surface area contributed by atoms with Gasteiger partial charge in [-0.1, -0.05) is 26.0 Å². The summed E-state index contributed by atoms with van der Waals surface area (Å²) >= 11 is 0. The monoisotopic (exact) mass is 488 g/mol. The summed E-state index contributed by atoms with van der Waals surface area (Å²) in [4.78, 5) is 40.2. The predicted molar refractivity (Wildman–Crippen MR) is 127 cm³/mol. The molecule has 1 aromatic heterocycles.